The van der Waals surface area contributed by atoms with Gasteiger partial charge >= 0.3 is 0 Å². The predicted octanol–water partition coefficient (Wildman–Crippen LogP) is 1.06. The summed E-state index contributed by atoms with van der Waals surface area (Å²) in [5.74, 6) is 0.274. The number of rotatable bonds is 0. The summed E-state index contributed by atoms with van der Waals surface area (Å²) in [5, 5.41) is 19.1. The molecular formula is C15H15FN6O2. The number of carbonyl (C=O) groups excluding carboxylic acids is 1. The molecule has 1 aromatic carbocycles. The molecule has 3 heterocycles. The van der Waals surface area contributed by atoms with Crippen LogP contribution < -0.4 is 10.1 Å². The van der Waals surface area contributed by atoms with E-state index < -0.39 is 6.17 Å². The highest BCUT2D eigenvalue weighted by Crippen LogP contribution is 2.28. The Balaban J connectivity index is 1.74. The molecule has 3 aromatic rings. The van der Waals surface area contributed by atoms with Gasteiger partial charge < -0.3 is 10.1 Å². The fourth-order valence-electron chi connectivity index (χ4n) is 2.55. The van der Waals surface area contributed by atoms with Crippen LogP contribution in [0, 0.1) is 0 Å². The van der Waals surface area contributed by atoms with Gasteiger partial charge in [0.1, 0.15) is 23.7 Å². The summed E-state index contributed by atoms with van der Waals surface area (Å²) >= 11 is 0. The second-order valence-corrected chi connectivity index (χ2v) is 5.57. The van der Waals surface area contributed by atoms with Gasteiger partial charge in [-0.15, -0.1) is 0 Å². The number of nitrogens with one attached hydrogen (secondary N) is 2. The van der Waals surface area contributed by atoms with Crippen LogP contribution in [0.4, 0.5) is 4.39 Å². The number of carbonyl (C=O) groups is 1. The van der Waals surface area contributed by atoms with E-state index in [0.717, 1.165) is 10.9 Å². The number of H-pyrrole nitrogens is 1. The van der Waals surface area contributed by atoms with Crippen LogP contribution in [0.15, 0.2) is 24.4 Å². The number of alkyl halides is 1. The SMILES string of the molecule is O=C1CCn2ncc(n2)-c2n[nH]c3ccc(cc23)OC[C@@H](F)CN1. The Kier molecular flexibility index (Phi) is 3.60. The van der Waals surface area contributed by atoms with Gasteiger partial charge in [0.25, 0.3) is 0 Å². The van der Waals surface area contributed by atoms with Crippen LogP contribution in [0.25, 0.3) is 22.3 Å². The highest BCUT2D eigenvalue weighted by Gasteiger charge is 2.15. The van der Waals surface area contributed by atoms with E-state index in [1.165, 1.54) is 4.80 Å². The number of hydrogen-bond acceptors (Lipinski definition) is 5. The minimum Gasteiger partial charge on any atom is -0.490 e. The summed E-state index contributed by atoms with van der Waals surface area (Å²) < 4.78 is 19.3. The van der Waals surface area contributed by atoms with E-state index >= 15 is 0 Å². The molecule has 1 atom stereocenters. The van der Waals surface area contributed by atoms with Gasteiger partial charge in [-0.05, 0) is 18.2 Å². The minimum atomic E-state index is -1.28. The molecule has 4 rings (SSSR count). The van der Waals surface area contributed by atoms with E-state index in [2.05, 4.69) is 25.7 Å². The molecule has 0 spiro atoms. The van der Waals surface area contributed by atoms with Crippen molar-refractivity contribution in [1.82, 2.24) is 30.5 Å². The molecule has 0 radical (unpaired) electrons. The second kappa shape index (κ2) is 5.91. The van der Waals surface area contributed by atoms with Gasteiger partial charge in [-0.1, -0.05) is 0 Å². The number of aromatic amines is 1. The Hall–Kier alpha value is -2.97. The molecule has 124 valence electrons. The predicted molar refractivity (Wildman–Crippen MR) is 83.1 cm³/mol. The van der Waals surface area contributed by atoms with Crippen molar-refractivity contribution in [1.29, 1.82) is 0 Å². The Morgan fingerprint density at radius 3 is 3.21 bits per heavy atom. The maximum Gasteiger partial charge on any atom is 0.222 e. The third-order valence-corrected chi connectivity index (χ3v) is 3.80. The van der Waals surface area contributed by atoms with E-state index in [9.17, 15) is 9.18 Å². The molecular weight excluding hydrogens is 315 g/mol. The van der Waals surface area contributed by atoms with Crippen LogP contribution in [-0.4, -0.2) is 50.4 Å². The monoisotopic (exact) mass is 330 g/mol. The zero-order valence-corrected chi connectivity index (χ0v) is 12.7. The van der Waals surface area contributed by atoms with Crippen LogP contribution in [0.1, 0.15) is 6.42 Å². The molecule has 4 bridgehead atoms. The van der Waals surface area contributed by atoms with E-state index in [1.807, 2.05) is 6.07 Å². The van der Waals surface area contributed by atoms with Crippen molar-refractivity contribution in [2.24, 2.45) is 0 Å². The number of aromatic nitrogens is 5. The first-order valence-corrected chi connectivity index (χ1v) is 7.61. The summed E-state index contributed by atoms with van der Waals surface area (Å²) in [6.45, 7) is 0.0935. The molecule has 8 nitrogen and oxygen atoms in total. The van der Waals surface area contributed by atoms with Crippen molar-refractivity contribution >= 4 is 16.8 Å². The molecule has 2 aromatic heterocycles. The molecule has 1 amide bonds. The third kappa shape index (κ3) is 2.80. The number of fused-ring (bicyclic) bond motifs is 4. The molecule has 0 saturated carbocycles. The van der Waals surface area contributed by atoms with Gasteiger partial charge in [0.2, 0.25) is 5.91 Å². The Labute approximate surface area is 136 Å². The summed E-state index contributed by atoms with van der Waals surface area (Å²) in [4.78, 5) is 13.2. The normalized spacial score (nSPS) is 18.7. The highest BCUT2D eigenvalue weighted by atomic mass is 19.1. The van der Waals surface area contributed by atoms with Crippen LogP contribution in [0.5, 0.6) is 5.75 Å². The summed E-state index contributed by atoms with van der Waals surface area (Å²) in [7, 11) is 0. The van der Waals surface area contributed by atoms with Gasteiger partial charge in [0.15, 0.2) is 6.17 Å². The fourth-order valence-corrected chi connectivity index (χ4v) is 2.55. The number of ether oxygens (including phenoxy) is 1. The van der Waals surface area contributed by atoms with Gasteiger partial charge in [-0.2, -0.15) is 20.1 Å². The van der Waals surface area contributed by atoms with E-state index in [-0.39, 0.29) is 25.5 Å². The Morgan fingerprint density at radius 2 is 2.29 bits per heavy atom. The number of hydrogen-bond donors (Lipinski definition) is 2. The molecule has 9 heteroatoms. The minimum absolute atomic E-state index is 0.0875. The number of aryl methyl sites for hydroxylation is 1. The molecule has 0 fully saturated rings. The summed E-state index contributed by atoms with van der Waals surface area (Å²) in [5.41, 5.74) is 2.06. The van der Waals surface area contributed by atoms with Crippen molar-refractivity contribution < 1.29 is 13.9 Å². The van der Waals surface area contributed by atoms with Crippen molar-refractivity contribution in [3.63, 3.8) is 0 Å². The molecule has 2 N–H and O–H groups in total. The zero-order valence-electron chi connectivity index (χ0n) is 12.7. The van der Waals surface area contributed by atoms with Gasteiger partial charge in [-0.25, -0.2) is 4.39 Å². The first kappa shape index (κ1) is 14.6. The first-order valence-electron chi connectivity index (χ1n) is 7.61. The van der Waals surface area contributed by atoms with Crippen LogP contribution >= 0.6 is 0 Å². The molecule has 0 unspecified atom stereocenters. The third-order valence-electron chi connectivity index (χ3n) is 3.80. The maximum absolute atomic E-state index is 13.9. The maximum atomic E-state index is 13.9. The lowest BCUT2D eigenvalue weighted by molar-refractivity contribution is -0.121. The van der Waals surface area contributed by atoms with E-state index in [4.69, 9.17) is 4.74 Å². The summed E-state index contributed by atoms with van der Waals surface area (Å²) in [6.07, 6.45) is 0.489. The van der Waals surface area contributed by atoms with Gasteiger partial charge in [-0.3, -0.25) is 9.89 Å². The number of amides is 1. The average molecular weight is 330 g/mol. The number of halogens is 1. The van der Waals surface area contributed by atoms with Crippen molar-refractivity contribution in [2.45, 2.75) is 19.1 Å². The fraction of sp³-hybridized carbons (Fsp3) is 0.333. The zero-order chi connectivity index (χ0) is 16.5. The van der Waals surface area contributed by atoms with Crippen molar-refractivity contribution in [3.8, 4) is 17.1 Å². The average Bonchev–Trinajstić information content (AvgIpc) is 3.21. The van der Waals surface area contributed by atoms with E-state index in [1.54, 1.807) is 18.3 Å². The van der Waals surface area contributed by atoms with Gasteiger partial charge in [0, 0.05) is 11.8 Å². The highest BCUT2D eigenvalue weighted by molar-refractivity contribution is 5.92. The standard InChI is InChI=1S/C15H15FN6O2/c16-9-6-17-14(23)3-4-22-18-7-13(21-22)15-11-5-10(24-8-9)1-2-12(11)19-20-15/h1-2,5,7,9H,3-4,6,8H2,(H,17,23)(H,19,20)/t9-/m0/s1. The largest absolute Gasteiger partial charge is 0.490 e. The quantitative estimate of drug-likeness (QED) is 0.642. The Morgan fingerprint density at radius 1 is 1.38 bits per heavy atom. The van der Waals surface area contributed by atoms with Crippen molar-refractivity contribution in [3.05, 3.63) is 24.4 Å². The van der Waals surface area contributed by atoms with Crippen molar-refractivity contribution in [2.75, 3.05) is 13.2 Å². The van der Waals surface area contributed by atoms with Crippen LogP contribution in [-0.2, 0) is 11.3 Å². The Bertz CT molecular complexity index is 889. The molecule has 0 saturated heterocycles. The smallest absolute Gasteiger partial charge is 0.222 e. The summed E-state index contributed by atoms with van der Waals surface area (Å²) in [6, 6.07) is 5.35. The van der Waals surface area contributed by atoms with Crippen LogP contribution in [0.2, 0.25) is 0 Å². The lowest BCUT2D eigenvalue weighted by Crippen LogP contribution is -2.33. The number of nitrogens with zero attached hydrogens (tertiary/aromatic N) is 4. The lowest BCUT2D eigenvalue weighted by Gasteiger charge is -2.11. The van der Waals surface area contributed by atoms with Gasteiger partial charge in [0.05, 0.1) is 24.8 Å². The molecule has 0 aliphatic carbocycles. The number of benzene rings is 1. The molecule has 1 aliphatic rings. The second-order valence-electron chi connectivity index (χ2n) is 5.57. The van der Waals surface area contributed by atoms with E-state index in [0.29, 0.717) is 23.7 Å². The topological polar surface area (TPSA) is 97.7 Å². The van der Waals surface area contributed by atoms with Crippen LogP contribution in [0.3, 0.4) is 0 Å². The molecule has 24 heavy (non-hydrogen) atoms. The molecule has 1 aliphatic heterocycles. The lowest BCUT2D eigenvalue weighted by atomic mass is 10.1. The first-order chi connectivity index (χ1) is 11.7.